The highest BCUT2D eigenvalue weighted by atomic mass is 79.9. The highest BCUT2D eigenvalue weighted by Crippen LogP contribution is 2.21. The summed E-state index contributed by atoms with van der Waals surface area (Å²) in [4.78, 5) is 4.67. The lowest BCUT2D eigenvalue weighted by atomic mass is 10.5. The van der Waals surface area contributed by atoms with E-state index in [0.29, 0.717) is 0 Å². The first kappa shape index (κ1) is 13.5. The van der Waals surface area contributed by atoms with Crippen LogP contribution < -0.4 is 10.5 Å². The quantitative estimate of drug-likeness (QED) is 0.869. The first-order valence-corrected chi connectivity index (χ1v) is 8.05. The van der Waals surface area contributed by atoms with Gasteiger partial charge in [-0.25, -0.2) is 18.1 Å². The van der Waals surface area contributed by atoms with Crippen LogP contribution in [0.4, 0.5) is 5.82 Å². The number of aromatic nitrogens is 2. The molecule has 18 heavy (non-hydrogen) atoms. The Bertz CT molecular complexity index is 642. The number of anilines is 1. The maximum Gasteiger partial charge on any atom is 0.260 e. The molecule has 6 nitrogen and oxygen atoms in total. The van der Waals surface area contributed by atoms with Gasteiger partial charge in [0.05, 0.1) is 6.33 Å². The molecule has 9 heteroatoms. The zero-order valence-electron chi connectivity index (χ0n) is 9.42. The Morgan fingerprint density at radius 2 is 2.33 bits per heavy atom. The minimum absolute atomic E-state index is 0.00244. The minimum atomic E-state index is -3.65. The van der Waals surface area contributed by atoms with Crippen LogP contribution >= 0.6 is 27.3 Å². The lowest BCUT2D eigenvalue weighted by Gasteiger charge is -2.06. The molecule has 0 amide bonds. The summed E-state index contributed by atoms with van der Waals surface area (Å²) in [6.45, 7) is 0.225. The molecule has 0 unspecified atom stereocenters. The molecule has 0 saturated carbocycles. The number of hydrogen-bond donors (Lipinski definition) is 2. The molecule has 0 spiro atoms. The molecule has 0 aliphatic heterocycles. The number of thiophene rings is 1. The number of nitrogen functional groups attached to an aromatic ring is 1. The lowest BCUT2D eigenvalue weighted by molar-refractivity contribution is 0.572. The zero-order valence-corrected chi connectivity index (χ0v) is 12.6. The van der Waals surface area contributed by atoms with E-state index < -0.39 is 10.0 Å². The Kier molecular flexibility index (Phi) is 3.76. The number of nitrogens with zero attached hydrogens (tertiary/aromatic N) is 2. The van der Waals surface area contributed by atoms with E-state index in [1.807, 2.05) is 11.4 Å². The van der Waals surface area contributed by atoms with Crippen molar-refractivity contribution in [2.45, 2.75) is 11.6 Å². The van der Waals surface area contributed by atoms with Crippen LogP contribution in [0, 0.1) is 0 Å². The topological polar surface area (TPSA) is 90.0 Å². The van der Waals surface area contributed by atoms with Gasteiger partial charge in [-0.05, 0) is 22.0 Å². The van der Waals surface area contributed by atoms with Gasteiger partial charge < -0.3 is 10.3 Å². The van der Waals surface area contributed by atoms with E-state index in [1.165, 1.54) is 22.2 Å². The maximum atomic E-state index is 12.1. The smallest absolute Gasteiger partial charge is 0.260 e. The predicted octanol–water partition coefficient (Wildman–Crippen LogP) is 1.30. The maximum absolute atomic E-state index is 12.1. The molecule has 3 N–H and O–H groups in total. The van der Waals surface area contributed by atoms with E-state index in [0.717, 1.165) is 9.35 Å². The van der Waals surface area contributed by atoms with Gasteiger partial charge in [0.1, 0.15) is 0 Å². The van der Waals surface area contributed by atoms with Crippen molar-refractivity contribution < 1.29 is 8.42 Å². The van der Waals surface area contributed by atoms with Crippen molar-refractivity contribution in [1.29, 1.82) is 0 Å². The van der Waals surface area contributed by atoms with Crippen LogP contribution in [0.3, 0.4) is 0 Å². The molecule has 0 fully saturated rings. The van der Waals surface area contributed by atoms with Gasteiger partial charge in [-0.3, -0.25) is 0 Å². The highest BCUT2D eigenvalue weighted by molar-refractivity contribution is 9.10. The van der Waals surface area contributed by atoms with Crippen molar-refractivity contribution in [3.63, 3.8) is 0 Å². The summed E-state index contributed by atoms with van der Waals surface area (Å²) < 4.78 is 28.9. The number of rotatable bonds is 4. The molecule has 0 aliphatic carbocycles. The molecule has 0 saturated heterocycles. The third kappa shape index (κ3) is 2.74. The Balaban J connectivity index is 2.18. The fourth-order valence-electron chi connectivity index (χ4n) is 1.45. The SMILES string of the molecule is Cn1cnc(N)c1S(=O)(=O)NCc1cc(Br)cs1. The average molecular weight is 351 g/mol. The second-order valence-corrected chi connectivity index (χ2v) is 7.20. The molecular formula is C9H11BrN4O2S2. The molecule has 0 aromatic carbocycles. The lowest BCUT2D eigenvalue weighted by Crippen LogP contribution is -2.25. The fourth-order valence-corrected chi connectivity index (χ4v) is 4.16. The van der Waals surface area contributed by atoms with Crippen LogP contribution in [0.15, 0.2) is 27.3 Å². The second-order valence-electron chi connectivity index (χ2n) is 3.60. The predicted molar refractivity (Wildman–Crippen MR) is 73.7 cm³/mol. The van der Waals surface area contributed by atoms with Gasteiger partial charge in [0.2, 0.25) is 0 Å². The Labute approximate surface area is 117 Å². The summed E-state index contributed by atoms with van der Waals surface area (Å²) in [5.41, 5.74) is 5.54. The van der Waals surface area contributed by atoms with E-state index in [2.05, 4.69) is 25.6 Å². The molecule has 2 heterocycles. The summed E-state index contributed by atoms with van der Waals surface area (Å²) in [7, 11) is -2.07. The molecule has 0 atom stereocenters. The van der Waals surface area contributed by atoms with E-state index >= 15 is 0 Å². The summed E-state index contributed by atoms with van der Waals surface area (Å²) in [5.74, 6) is -0.00244. The summed E-state index contributed by atoms with van der Waals surface area (Å²) in [6, 6.07) is 1.86. The number of aryl methyl sites for hydroxylation is 1. The number of nitrogens with two attached hydrogens (primary N) is 1. The van der Waals surface area contributed by atoms with Crippen LogP contribution in [0.2, 0.25) is 0 Å². The molecule has 0 aliphatic rings. The van der Waals surface area contributed by atoms with Crippen molar-refractivity contribution in [2.75, 3.05) is 5.73 Å². The van der Waals surface area contributed by atoms with Gasteiger partial charge in [-0.1, -0.05) is 0 Å². The van der Waals surface area contributed by atoms with Gasteiger partial charge in [0.25, 0.3) is 10.0 Å². The number of nitrogens with one attached hydrogen (secondary N) is 1. The largest absolute Gasteiger partial charge is 0.381 e. The number of halogens is 1. The number of hydrogen-bond acceptors (Lipinski definition) is 5. The first-order chi connectivity index (χ1) is 8.40. The van der Waals surface area contributed by atoms with Crippen molar-refractivity contribution in [3.8, 4) is 0 Å². The Morgan fingerprint density at radius 1 is 1.61 bits per heavy atom. The molecule has 0 radical (unpaired) electrons. The molecule has 0 bridgehead atoms. The average Bonchev–Trinajstić information content (AvgIpc) is 2.83. The summed E-state index contributed by atoms with van der Waals surface area (Å²) in [5, 5.41) is 1.88. The third-order valence-electron chi connectivity index (χ3n) is 2.22. The van der Waals surface area contributed by atoms with E-state index in [9.17, 15) is 8.42 Å². The van der Waals surface area contributed by atoms with Crippen molar-refractivity contribution in [2.24, 2.45) is 7.05 Å². The van der Waals surface area contributed by atoms with E-state index in [1.54, 1.807) is 7.05 Å². The van der Waals surface area contributed by atoms with Crippen LogP contribution in [0.25, 0.3) is 0 Å². The Morgan fingerprint density at radius 3 is 2.83 bits per heavy atom. The van der Waals surface area contributed by atoms with Gasteiger partial charge in [-0.15, -0.1) is 11.3 Å². The Hall–Kier alpha value is -0.900. The fraction of sp³-hybridized carbons (Fsp3) is 0.222. The van der Waals surface area contributed by atoms with Gasteiger partial charge in [0.15, 0.2) is 10.8 Å². The van der Waals surface area contributed by atoms with Crippen molar-refractivity contribution >= 4 is 43.1 Å². The molecule has 2 rings (SSSR count). The third-order valence-corrected chi connectivity index (χ3v) is 5.45. The molecular weight excluding hydrogens is 340 g/mol. The van der Waals surface area contributed by atoms with E-state index in [4.69, 9.17) is 5.73 Å². The van der Waals surface area contributed by atoms with Gasteiger partial charge in [0, 0.05) is 28.3 Å². The monoisotopic (exact) mass is 350 g/mol. The molecule has 2 aromatic heterocycles. The number of imidazole rings is 1. The van der Waals surface area contributed by atoms with Crippen LogP contribution in [-0.2, 0) is 23.6 Å². The molecule has 2 aromatic rings. The minimum Gasteiger partial charge on any atom is -0.381 e. The summed E-state index contributed by atoms with van der Waals surface area (Å²) in [6.07, 6.45) is 1.37. The number of sulfonamides is 1. The van der Waals surface area contributed by atoms with Crippen molar-refractivity contribution in [3.05, 3.63) is 27.1 Å². The van der Waals surface area contributed by atoms with Gasteiger partial charge in [-0.2, -0.15) is 0 Å². The van der Waals surface area contributed by atoms with Crippen LogP contribution in [-0.4, -0.2) is 18.0 Å². The normalized spacial score (nSPS) is 11.9. The van der Waals surface area contributed by atoms with Crippen LogP contribution in [0.5, 0.6) is 0 Å². The zero-order chi connectivity index (χ0) is 13.3. The highest BCUT2D eigenvalue weighted by Gasteiger charge is 2.22. The second kappa shape index (κ2) is 5.00. The van der Waals surface area contributed by atoms with Crippen LogP contribution in [0.1, 0.15) is 4.88 Å². The standard InChI is InChI=1S/C9H11BrN4O2S2/c1-14-5-12-8(11)9(14)18(15,16)13-3-7-2-6(10)4-17-7/h2,4-5,13H,3,11H2,1H3. The van der Waals surface area contributed by atoms with E-state index in [-0.39, 0.29) is 17.4 Å². The molecule has 98 valence electrons. The first-order valence-electron chi connectivity index (χ1n) is 4.89. The summed E-state index contributed by atoms with van der Waals surface area (Å²) >= 11 is 4.78. The van der Waals surface area contributed by atoms with Crippen molar-refractivity contribution in [1.82, 2.24) is 14.3 Å². The van der Waals surface area contributed by atoms with Gasteiger partial charge >= 0.3 is 0 Å².